The number of phenolic OH excluding ortho intramolecular Hbond substituents is 2. The molecule has 8 heteroatoms. The van der Waals surface area contributed by atoms with Gasteiger partial charge in [0.25, 0.3) is 0 Å². The number of rotatable bonds is 6. The topological polar surface area (TPSA) is 90.7 Å². The van der Waals surface area contributed by atoms with E-state index in [0.29, 0.717) is 46.1 Å². The molecule has 0 spiro atoms. The van der Waals surface area contributed by atoms with Gasteiger partial charge in [0.1, 0.15) is 17.9 Å². The first-order valence-electron chi connectivity index (χ1n) is 8.30. The highest BCUT2D eigenvalue weighted by Gasteiger charge is 2.17. The van der Waals surface area contributed by atoms with Gasteiger partial charge >= 0.3 is 0 Å². The van der Waals surface area contributed by atoms with E-state index < -0.39 is 0 Å². The predicted molar refractivity (Wildman–Crippen MR) is 106 cm³/mol. The molecule has 3 N–H and O–H groups in total. The number of hydrogen-bond donors (Lipinski definition) is 3. The van der Waals surface area contributed by atoms with Crippen molar-refractivity contribution >= 4 is 28.3 Å². The summed E-state index contributed by atoms with van der Waals surface area (Å²) in [7, 11) is 5.32. The van der Waals surface area contributed by atoms with Crippen molar-refractivity contribution in [2.45, 2.75) is 13.1 Å². The van der Waals surface area contributed by atoms with E-state index in [1.54, 1.807) is 13.2 Å². The lowest BCUT2D eigenvalue weighted by atomic mass is 10.1. The molecule has 1 aromatic heterocycles. The summed E-state index contributed by atoms with van der Waals surface area (Å²) in [6.07, 6.45) is 1.43. The zero-order valence-electron chi connectivity index (χ0n) is 15.3. The Morgan fingerprint density at radius 2 is 1.96 bits per heavy atom. The first-order chi connectivity index (χ1) is 12.9. The molecule has 0 unspecified atom stereocenters. The molecule has 0 saturated carbocycles. The van der Waals surface area contributed by atoms with Crippen LogP contribution in [0.4, 0.5) is 5.82 Å². The molecule has 0 fully saturated rings. The molecular formula is C19H21ClN4O3. The smallest absolute Gasteiger partial charge is 0.164 e. The van der Waals surface area contributed by atoms with Gasteiger partial charge in [-0.1, -0.05) is 17.7 Å². The molecule has 27 heavy (non-hydrogen) atoms. The number of aromatic nitrogens is 2. The molecule has 3 aromatic rings. The van der Waals surface area contributed by atoms with Crippen molar-refractivity contribution in [3.05, 3.63) is 46.7 Å². The van der Waals surface area contributed by atoms with Crippen LogP contribution in [-0.2, 0) is 13.1 Å². The van der Waals surface area contributed by atoms with Crippen molar-refractivity contribution in [1.29, 1.82) is 0 Å². The number of ether oxygens (including phenoxy) is 1. The molecule has 0 atom stereocenters. The lowest BCUT2D eigenvalue weighted by Crippen LogP contribution is -2.12. The van der Waals surface area contributed by atoms with Crippen LogP contribution in [0.2, 0.25) is 5.02 Å². The monoisotopic (exact) mass is 388 g/mol. The summed E-state index contributed by atoms with van der Waals surface area (Å²) < 4.78 is 5.16. The first-order valence-corrected chi connectivity index (χ1v) is 8.68. The second-order valence-electron chi connectivity index (χ2n) is 6.40. The molecule has 0 bridgehead atoms. The third kappa shape index (κ3) is 3.99. The second kappa shape index (κ2) is 7.85. The number of nitrogens with one attached hydrogen (secondary N) is 1. The van der Waals surface area contributed by atoms with Crippen LogP contribution < -0.4 is 10.1 Å². The number of anilines is 1. The average Bonchev–Trinajstić information content (AvgIpc) is 2.63. The van der Waals surface area contributed by atoms with Crippen LogP contribution in [0.5, 0.6) is 17.2 Å². The largest absolute Gasteiger partial charge is 0.504 e. The number of phenols is 2. The molecule has 0 saturated heterocycles. The molecule has 142 valence electrons. The Morgan fingerprint density at radius 3 is 2.63 bits per heavy atom. The zero-order chi connectivity index (χ0) is 19.6. The fraction of sp³-hybridized carbons (Fsp3) is 0.263. The van der Waals surface area contributed by atoms with Gasteiger partial charge in [-0.3, -0.25) is 0 Å². The Balaban J connectivity index is 1.95. The number of nitrogens with zero attached hydrogens (tertiary/aromatic N) is 3. The van der Waals surface area contributed by atoms with Crippen LogP contribution in [0.1, 0.15) is 11.1 Å². The second-order valence-corrected chi connectivity index (χ2v) is 6.81. The van der Waals surface area contributed by atoms with Crippen molar-refractivity contribution in [1.82, 2.24) is 14.9 Å². The third-order valence-electron chi connectivity index (χ3n) is 4.13. The first kappa shape index (κ1) is 19.0. The zero-order valence-corrected chi connectivity index (χ0v) is 16.1. The third-order valence-corrected chi connectivity index (χ3v) is 4.43. The number of halogens is 1. The van der Waals surface area contributed by atoms with Gasteiger partial charge in [0.15, 0.2) is 11.5 Å². The maximum Gasteiger partial charge on any atom is 0.164 e. The fourth-order valence-electron chi connectivity index (χ4n) is 2.86. The van der Waals surface area contributed by atoms with Crippen LogP contribution >= 0.6 is 11.6 Å². The number of methoxy groups -OCH3 is 1. The van der Waals surface area contributed by atoms with Gasteiger partial charge in [-0.15, -0.1) is 0 Å². The van der Waals surface area contributed by atoms with Gasteiger partial charge in [-0.05, 0) is 37.9 Å². The lowest BCUT2D eigenvalue weighted by Gasteiger charge is -2.16. The highest BCUT2D eigenvalue weighted by atomic mass is 35.5. The normalized spacial score (nSPS) is 11.1. The van der Waals surface area contributed by atoms with Crippen molar-refractivity contribution in [3.8, 4) is 17.2 Å². The van der Waals surface area contributed by atoms with Crippen LogP contribution in [0.15, 0.2) is 30.6 Å². The minimum absolute atomic E-state index is 0.164. The quantitative estimate of drug-likeness (QED) is 0.557. The predicted octanol–water partition coefficient (Wildman–Crippen LogP) is 3.38. The summed E-state index contributed by atoms with van der Waals surface area (Å²) in [5.41, 5.74) is 2.08. The Morgan fingerprint density at radius 1 is 1.19 bits per heavy atom. The molecule has 0 aliphatic rings. The highest BCUT2D eigenvalue weighted by molar-refractivity contribution is 6.32. The molecule has 2 aromatic carbocycles. The van der Waals surface area contributed by atoms with E-state index in [0.717, 1.165) is 5.56 Å². The Labute approximate surface area is 162 Å². The number of aromatic hydroxyl groups is 2. The van der Waals surface area contributed by atoms with E-state index in [1.165, 1.54) is 12.4 Å². The van der Waals surface area contributed by atoms with E-state index in [-0.39, 0.29) is 11.5 Å². The molecular weight excluding hydrogens is 368 g/mol. The summed E-state index contributed by atoms with van der Waals surface area (Å²) in [5, 5.41) is 24.8. The van der Waals surface area contributed by atoms with Crippen molar-refractivity contribution < 1.29 is 14.9 Å². The van der Waals surface area contributed by atoms with E-state index >= 15 is 0 Å². The summed E-state index contributed by atoms with van der Waals surface area (Å²) in [6, 6.07) is 6.99. The molecule has 3 rings (SSSR count). The molecule has 0 amide bonds. The Bertz CT molecular complexity index is 979. The van der Waals surface area contributed by atoms with E-state index in [9.17, 15) is 10.2 Å². The highest BCUT2D eigenvalue weighted by Crippen LogP contribution is 2.37. The lowest BCUT2D eigenvalue weighted by molar-refractivity contribution is 0.370. The standard InChI is InChI=1S/C19H21ClN4O3/c1-24(2)9-13-17-12(7-15(25)18(13)26)19(23-10-22-17)21-8-11-4-5-16(27-3)14(20)6-11/h4-7,10,25-26H,8-9H2,1-3H3,(H,21,22,23). The van der Waals surface area contributed by atoms with Gasteiger partial charge in [0, 0.05) is 24.0 Å². The van der Waals surface area contributed by atoms with Gasteiger partial charge in [0.05, 0.1) is 17.6 Å². The van der Waals surface area contributed by atoms with Crippen molar-refractivity contribution in [2.75, 3.05) is 26.5 Å². The van der Waals surface area contributed by atoms with Crippen molar-refractivity contribution in [2.24, 2.45) is 0 Å². The summed E-state index contributed by atoms with van der Waals surface area (Å²) in [6.45, 7) is 0.905. The van der Waals surface area contributed by atoms with Crippen LogP contribution in [-0.4, -0.2) is 46.3 Å². The van der Waals surface area contributed by atoms with Gasteiger partial charge in [-0.25, -0.2) is 9.97 Å². The van der Waals surface area contributed by atoms with Crippen LogP contribution in [0.3, 0.4) is 0 Å². The maximum atomic E-state index is 10.2. The van der Waals surface area contributed by atoms with Crippen LogP contribution in [0, 0.1) is 0 Å². The molecule has 0 aliphatic heterocycles. The Kier molecular flexibility index (Phi) is 5.53. The van der Waals surface area contributed by atoms with Crippen molar-refractivity contribution in [3.63, 3.8) is 0 Å². The number of fused-ring (bicyclic) bond motifs is 1. The Hall–Kier alpha value is -2.77. The molecule has 0 radical (unpaired) electrons. The SMILES string of the molecule is COc1ccc(CNc2ncnc3c(CN(C)C)c(O)c(O)cc23)cc1Cl. The average molecular weight is 389 g/mol. The maximum absolute atomic E-state index is 10.2. The number of benzene rings is 2. The van der Waals surface area contributed by atoms with Gasteiger partial charge < -0.3 is 25.2 Å². The summed E-state index contributed by atoms with van der Waals surface area (Å²) in [5.74, 6) is 0.802. The molecule has 0 aliphatic carbocycles. The van der Waals surface area contributed by atoms with Gasteiger partial charge in [0.2, 0.25) is 0 Å². The van der Waals surface area contributed by atoms with E-state index in [1.807, 2.05) is 31.1 Å². The van der Waals surface area contributed by atoms with Gasteiger partial charge in [-0.2, -0.15) is 0 Å². The minimum Gasteiger partial charge on any atom is -0.504 e. The molecule has 7 nitrogen and oxygen atoms in total. The number of hydrogen-bond acceptors (Lipinski definition) is 7. The fourth-order valence-corrected chi connectivity index (χ4v) is 3.14. The minimum atomic E-state index is -0.204. The van der Waals surface area contributed by atoms with E-state index in [4.69, 9.17) is 16.3 Å². The van der Waals surface area contributed by atoms with Crippen LogP contribution in [0.25, 0.3) is 10.9 Å². The molecule has 1 heterocycles. The van der Waals surface area contributed by atoms with E-state index in [2.05, 4.69) is 15.3 Å². The summed E-state index contributed by atoms with van der Waals surface area (Å²) >= 11 is 6.17. The summed E-state index contributed by atoms with van der Waals surface area (Å²) in [4.78, 5) is 10.5.